The summed E-state index contributed by atoms with van der Waals surface area (Å²) in [4.78, 5) is 31.1. The Labute approximate surface area is 169 Å². The Bertz CT molecular complexity index is 856. The van der Waals surface area contributed by atoms with Gasteiger partial charge in [0.2, 0.25) is 11.8 Å². The zero-order chi connectivity index (χ0) is 20.7. The molecule has 29 heavy (non-hydrogen) atoms. The molecule has 4 rings (SSSR count). The Morgan fingerprint density at radius 2 is 2.24 bits per heavy atom. The molecule has 3 saturated heterocycles. The molecule has 1 aromatic carbocycles. The lowest BCUT2D eigenvalue weighted by Crippen LogP contribution is -2.56. The van der Waals surface area contributed by atoms with Gasteiger partial charge in [-0.25, -0.2) is 4.39 Å². The summed E-state index contributed by atoms with van der Waals surface area (Å²) in [6, 6.07) is 6.92. The van der Waals surface area contributed by atoms with Crippen LogP contribution in [0.1, 0.15) is 37.8 Å². The molecule has 7 nitrogen and oxygen atoms in total. The lowest BCUT2D eigenvalue weighted by Gasteiger charge is -2.38. The number of likely N-dealkylation sites (tertiary alicyclic amines) is 3. The summed E-state index contributed by atoms with van der Waals surface area (Å²) >= 11 is 0. The van der Waals surface area contributed by atoms with Crippen LogP contribution in [-0.4, -0.2) is 70.3 Å². The molecule has 3 heterocycles. The molecule has 2 N–H and O–H groups in total. The number of nitriles is 1. The van der Waals surface area contributed by atoms with Crippen LogP contribution in [0, 0.1) is 17.1 Å². The number of carbonyl (C=O) groups is 2. The number of halogens is 1. The van der Waals surface area contributed by atoms with Crippen LogP contribution in [0.2, 0.25) is 0 Å². The zero-order valence-corrected chi connectivity index (χ0v) is 16.5. The molecule has 3 fully saturated rings. The fourth-order valence-corrected chi connectivity index (χ4v) is 5.03. The van der Waals surface area contributed by atoms with Crippen LogP contribution in [0.3, 0.4) is 0 Å². The first-order valence-corrected chi connectivity index (χ1v) is 10.2. The third kappa shape index (κ3) is 3.49. The molecule has 0 unspecified atom stereocenters. The van der Waals surface area contributed by atoms with Gasteiger partial charge in [0.25, 0.3) is 0 Å². The van der Waals surface area contributed by atoms with Gasteiger partial charge in [-0.1, -0.05) is 12.1 Å². The highest BCUT2D eigenvalue weighted by molar-refractivity contribution is 5.87. The third-order valence-corrected chi connectivity index (χ3v) is 6.50. The van der Waals surface area contributed by atoms with Gasteiger partial charge in [0.15, 0.2) is 0 Å². The average Bonchev–Trinajstić information content (AvgIpc) is 3.41. The van der Waals surface area contributed by atoms with E-state index in [4.69, 9.17) is 5.73 Å². The fourth-order valence-electron chi connectivity index (χ4n) is 5.03. The molecule has 2 amide bonds. The summed E-state index contributed by atoms with van der Waals surface area (Å²) in [5.74, 6) is -0.516. The maximum atomic E-state index is 13.6. The van der Waals surface area contributed by atoms with Crippen LogP contribution < -0.4 is 5.73 Å². The van der Waals surface area contributed by atoms with Crippen LogP contribution in [0.25, 0.3) is 0 Å². The van der Waals surface area contributed by atoms with E-state index >= 15 is 0 Å². The lowest BCUT2D eigenvalue weighted by molar-refractivity contribution is -0.141. The van der Waals surface area contributed by atoms with Crippen molar-refractivity contribution in [2.45, 2.75) is 56.4 Å². The van der Waals surface area contributed by atoms with E-state index in [1.807, 2.05) is 22.8 Å². The summed E-state index contributed by atoms with van der Waals surface area (Å²) < 4.78 is 13.6. The predicted octanol–water partition coefficient (Wildman–Crippen LogP) is 1.01. The first-order chi connectivity index (χ1) is 13.9. The molecule has 8 heteroatoms. The van der Waals surface area contributed by atoms with Crippen LogP contribution >= 0.6 is 0 Å². The van der Waals surface area contributed by atoms with Crippen LogP contribution in [-0.2, 0) is 9.59 Å². The van der Waals surface area contributed by atoms with E-state index < -0.39 is 12.1 Å². The average molecular weight is 399 g/mol. The smallest absolute Gasteiger partial charge is 0.241 e. The van der Waals surface area contributed by atoms with E-state index in [1.165, 1.54) is 12.1 Å². The van der Waals surface area contributed by atoms with Crippen LogP contribution in [0.15, 0.2) is 24.3 Å². The fraction of sp³-hybridized carbons (Fsp3) is 0.571. The van der Waals surface area contributed by atoms with Gasteiger partial charge in [-0.3, -0.25) is 14.5 Å². The number of rotatable bonds is 5. The van der Waals surface area contributed by atoms with Crippen molar-refractivity contribution in [3.8, 4) is 6.07 Å². The van der Waals surface area contributed by atoms with Crippen molar-refractivity contribution >= 4 is 11.8 Å². The number of fused-ring (bicyclic) bond motifs is 2. The van der Waals surface area contributed by atoms with Gasteiger partial charge in [0.05, 0.1) is 24.2 Å². The zero-order valence-electron chi connectivity index (χ0n) is 16.5. The monoisotopic (exact) mass is 399 g/mol. The lowest BCUT2D eigenvalue weighted by atomic mass is 10.1. The molecule has 1 aromatic rings. The Balaban J connectivity index is 1.40. The van der Waals surface area contributed by atoms with Gasteiger partial charge in [0.1, 0.15) is 11.9 Å². The standard InChI is InChI=1S/C21H26FN5O2/c1-13(14-4-2-5-15(22)8-14)27-17-9-19(21(27)29)25(11-17)12-18(24)20(28)26-7-3-6-16(26)10-23/h2,4-5,8,13,16-19H,3,6-7,9,11-12,24H2,1H3/t13-,16+,17+,18+,19-/m1/s1. The highest BCUT2D eigenvalue weighted by atomic mass is 19.1. The van der Waals surface area contributed by atoms with E-state index in [1.54, 1.807) is 11.0 Å². The minimum atomic E-state index is -0.745. The van der Waals surface area contributed by atoms with Crippen molar-refractivity contribution in [3.05, 3.63) is 35.6 Å². The van der Waals surface area contributed by atoms with Gasteiger partial charge >= 0.3 is 0 Å². The van der Waals surface area contributed by atoms with Crippen molar-refractivity contribution in [2.75, 3.05) is 19.6 Å². The number of nitrogens with zero attached hydrogens (tertiary/aromatic N) is 4. The van der Waals surface area contributed by atoms with Crippen LogP contribution in [0.4, 0.5) is 4.39 Å². The SMILES string of the molecule is C[C@H](c1cccc(F)c1)N1C(=O)[C@H]2C[C@H]1CN2C[C@H](N)C(=O)N1CCC[C@H]1C#N. The third-order valence-electron chi connectivity index (χ3n) is 6.50. The van der Waals surface area contributed by atoms with Gasteiger partial charge in [-0.15, -0.1) is 0 Å². The predicted molar refractivity (Wildman–Crippen MR) is 104 cm³/mol. The molecule has 0 aliphatic carbocycles. The van der Waals surface area contributed by atoms with Gasteiger partial charge in [-0.2, -0.15) is 5.26 Å². The molecule has 3 aliphatic rings. The normalized spacial score (nSPS) is 28.6. The van der Waals surface area contributed by atoms with E-state index in [0.29, 0.717) is 32.5 Å². The number of hydrogen-bond donors (Lipinski definition) is 1. The number of amides is 2. The summed E-state index contributed by atoms with van der Waals surface area (Å²) in [6.45, 7) is 3.44. The van der Waals surface area contributed by atoms with Crippen molar-refractivity contribution in [1.82, 2.24) is 14.7 Å². The topological polar surface area (TPSA) is 93.7 Å². The summed E-state index contributed by atoms with van der Waals surface area (Å²) in [5, 5.41) is 9.20. The van der Waals surface area contributed by atoms with E-state index in [-0.39, 0.29) is 35.8 Å². The van der Waals surface area contributed by atoms with Crippen molar-refractivity contribution in [1.29, 1.82) is 5.26 Å². The quantitative estimate of drug-likeness (QED) is 0.798. The molecule has 2 bridgehead atoms. The molecular weight excluding hydrogens is 373 g/mol. The molecule has 0 spiro atoms. The Morgan fingerprint density at radius 3 is 2.93 bits per heavy atom. The van der Waals surface area contributed by atoms with E-state index in [9.17, 15) is 19.2 Å². The second-order valence-electron chi connectivity index (χ2n) is 8.26. The highest BCUT2D eigenvalue weighted by Gasteiger charge is 2.51. The summed E-state index contributed by atoms with van der Waals surface area (Å²) in [6.07, 6.45) is 2.20. The minimum Gasteiger partial charge on any atom is -0.330 e. The molecule has 5 atom stereocenters. The van der Waals surface area contributed by atoms with Gasteiger partial charge in [-0.05, 0) is 43.9 Å². The molecule has 0 aromatic heterocycles. The van der Waals surface area contributed by atoms with Crippen molar-refractivity contribution in [2.24, 2.45) is 5.73 Å². The van der Waals surface area contributed by atoms with Gasteiger partial charge < -0.3 is 15.5 Å². The largest absolute Gasteiger partial charge is 0.330 e. The number of nitrogens with two attached hydrogens (primary N) is 1. The van der Waals surface area contributed by atoms with E-state index in [2.05, 4.69) is 6.07 Å². The van der Waals surface area contributed by atoms with Gasteiger partial charge in [0, 0.05) is 25.7 Å². The first kappa shape index (κ1) is 19.8. The molecule has 0 radical (unpaired) electrons. The number of benzene rings is 1. The number of hydrogen-bond acceptors (Lipinski definition) is 5. The summed E-state index contributed by atoms with van der Waals surface area (Å²) in [7, 11) is 0. The highest BCUT2D eigenvalue weighted by Crippen LogP contribution is 2.38. The first-order valence-electron chi connectivity index (χ1n) is 10.2. The number of piperazine rings is 1. The van der Waals surface area contributed by atoms with Crippen molar-refractivity contribution < 1.29 is 14.0 Å². The molecule has 3 aliphatic heterocycles. The Hall–Kier alpha value is -2.50. The molecular formula is C21H26FN5O2. The second kappa shape index (κ2) is 7.73. The maximum absolute atomic E-state index is 13.6. The Kier molecular flexibility index (Phi) is 5.28. The molecule has 0 saturated carbocycles. The second-order valence-corrected chi connectivity index (χ2v) is 8.26. The maximum Gasteiger partial charge on any atom is 0.241 e. The van der Waals surface area contributed by atoms with Crippen molar-refractivity contribution in [3.63, 3.8) is 0 Å². The molecule has 154 valence electrons. The van der Waals surface area contributed by atoms with Crippen LogP contribution in [0.5, 0.6) is 0 Å². The number of carbonyl (C=O) groups excluding carboxylic acids is 2. The Morgan fingerprint density at radius 1 is 1.45 bits per heavy atom. The summed E-state index contributed by atoms with van der Waals surface area (Å²) in [5.41, 5.74) is 6.94. The minimum absolute atomic E-state index is 0.00809. The van der Waals surface area contributed by atoms with E-state index in [0.717, 1.165) is 12.0 Å².